The molecule has 25 heteroatoms. The molecule has 3 saturated heterocycles. The van der Waals surface area contributed by atoms with Gasteiger partial charge in [-0.3, -0.25) is 30.3 Å². The van der Waals surface area contributed by atoms with Crippen LogP contribution < -0.4 is 16.4 Å². The molecule has 4 N–H and O–H groups in total. The molecule has 3 spiro atoms. The molecule has 3 heterocycles. The van der Waals surface area contributed by atoms with Crippen molar-refractivity contribution in [2.45, 2.75) is 162 Å². The van der Waals surface area contributed by atoms with Crippen LogP contribution in [0.25, 0.3) is 0 Å². The van der Waals surface area contributed by atoms with Crippen molar-refractivity contribution in [2.24, 2.45) is 22.0 Å². The number of amides is 3. The third-order valence-electron chi connectivity index (χ3n) is 14.5. The monoisotopic (exact) mass is 1130 g/mol. The quantitative estimate of drug-likeness (QED) is 0.0859. The Kier molecular flexibility index (Phi) is 19.7. The number of rotatable bonds is 7. The number of anilines is 2. The molecule has 3 aliphatic carbocycles. The van der Waals surface area contributed by atoms with E-state index < -0.39 is 60.5 Å². The predicted octanol–water partition coefficient (Wildman–Crippen LogP) is 12.1. The molecule has 0 bridgehead atoms. The van der Waals surface area contributed by atoms with Gasteiger partial charge in [0.2, 0.25) is 5.82 Å². The summed E-state index contributed by atoms with van der Waals surface area (Å²) in [7, 11) is 0. The lowest BCUT2D eigenvalue weighted by atomic mass is 9.65. The minimum Gasteiger partial charge on any atom is -0.444 e. The van der Waals surface area contributed by atoms with E-state index in [0.717, 1.165) is 89.1 Å². The zero-order chi connectivity index (χ0) is 58.6. The number of likely N-dealkylation sites (tertiary alicyclic amines) is 3. The van der Waals surface area contributed by atoms with Crippen molar-refractivity contribution < 1.29 is 60.9 Å². The van der Waals surface area contributed by atoms with Gasteiger partial charge in [-0.15, -0.1) is 0 Å². The maximum Gasteiger partial charge on any atom is 0.410 e. The molecule has 9 rings (SSSR count). The minimum absolute atomic E-state index is 0. The minimum atomic E-state index is -1.03. The van der Waals surface area contributed by atoms with Crippen LogP contribution in [-0.4, -0.2) is 122 Å². The van der Waals surface area contributed by atoms with E-state index in [1.54, 1.807) is 9.80 Å². The predicted molar refractivity (Wildman–Crippen MR) is 291 cm³/mol. The molecule has 6 aliphatic rings. The first kappa shape index (κ1) is 63.8. The van der Waals surface area contributed by atoms with Gasteiger partial charge in [0.1, 0.15) is 45.6 Å². The van der Waals surface area contributed by atoms with Gasteiger partial charge < -0.3 is 45.3 Å². The van der Waals surface area contributed by atoms with Crippen LogP contribution in [0.5, 0.6) is 0 Å². The van der Waals surface area contributed by atoms with E-state index in [1.807, 2.05) is 67.2 Å². The first-order valence-corrected chi connectivity index (χ1v) is 26.2. The maximum atomic E-state index is 13.2. The molecule has 442 valence electrons. The van der Waals surface area contributed by atoms with Crippen LogP contribution in [0.15, 0.2) is 54.6 Å². The van der Waals surface area contributed by atoms with Crippen LogP contribution in [0.2, 0.25) is 0 Å². The van der Waals surface area contributed by atoms with Crippen molar-refractivity contribution in [1.82, 2.24) is 14.7 Å². The molecular formula is C55H77F4N9O12. The van der Waals surface area contributed by atoms with Crippen molar-refractivity contribution in [2.75, 3.05) is 49.9 Å². The van der Waals surface area contributed by atoms with Gasteiger partial charge >= 0.3 is 24.0 Å². The Morgan fingerprint density at radius 3 is 1.09 bits per heavy atom. The molecule has 80 heavy (non-hydrogen) atoms. The summed E-state index contributed by atoms with van der Waals surface area (Å²) in [4.78, 5) is 71.5. The van der Waals surface area contributed by atoms with E-state index in [1.165, 1.54) is 24.3 Å². The van der Waals surface area contributed by atoms with Crippen LogP contribution in [0.1, 0.15) is 128 Å². The van der Waals surface area contributed by atoms with Crippen LogP contribution in [0.4, 0.5) is 60.4 Å². The molecule has 3 saturated carbocycles. The summed E-state index contributed by atoms with van der Waals surface area (Å²) in [5.74, 6) is -3.11. The number of carbonyl (C=O) groups excluding carboxylic acids is 3. The molecule has 3 aliphatic heterocycles. The van der Waals surface area contributed by atoms with Crippen LogP contribution in [0.3, 0.4) is 0 Å². The van der Waals surface area contributed by atoms with Crippen LogP contribution in [0, 0.1) is 69.9 Å². The first-order valence-electron chi connectivity index (χ1n) is 26.2. The second-order valence-electron chi connectivity index (χ2n) is 24.8. The van der Waals surface area contributed by atoms with E-state index in [0.29, 0.717) is 61.1 Å². The average Bonchev–Trinajstić information content (AvgIpc) is 4.06. The first-order chi connectivity index (χ1) is 36.5. The highest BCUT2D eigenvalue weighted by molar-refractivity contribution is 5.70. The molecule has 6 fully saturated rings. The lowest BCUT2D eigenvalue weighted by molar-refractivity contribution is -0.387. The number of nitrogens with one attached hydrogen (secondary N) is 2. The second kappa shape index (κ2) is 24.8. The summed E-state index contributed by atoms with van der Waals surface area (Å²) < 4.78 is 67.3. The fraction of sp³-hybridized carbons (Fsp3) is 0.618. The Hall–Kier alpha value is -7.05. The standard InChI is InChI=1S/2C18H24FN3O4.C12H22N2O2.C6H3F2NO2.CH4/c2*1-17(2,3)26-16(23)21-7-6-18(11-21)9-13(10-18)20-14-5-4-12(19)8-15(14)22(24)25;1-11(2,3)16-10(15)14-5-4-12(8-14)6-9(13)7-12;7-4-1-2-5(8)6(3-4)9(10)11;/h2*4-5,8,13,20H,6-7,9-11H2,1-3H3;9H,4-8,13H2,1-3H3;1-3H;1H4. The van der Waals surface area contributed by atoms with Crippen molar-refractivity contribution in [3.8, 4) is 0 Å². The SMILES string of the molecule is C.CC(C)(C)OC(=O)N1CCC2(CC(N)C2)C1.CC(C)(C)OC(=O)N1CCC2(CC(Nc3ccc(F)cc3[N+](=O)[O-])C2)C1.CC(C)(C)OC(=O)N1CCC2(CC(Nc3ccc(F)cc3[N+](=O)[O-])C2)C1.O=[N+]([O-])c1cc(F)ccc1F. The molecule has 0 unspecified atom stereocenters. The van der Waals surface area contributed by atoms with Crippen molar-refractivity contribution in [3.63, 3.8) is 0 Å². The normalized spacial score (nSPS) is 24.4. The number of hydrogen-bond acceptors (Lipinski definition) is 15. The van der Waals surface area contributed by atoms with E-state index >= 15 is 0 Å². The smallest absolute Gasteiger partial charge is 0.410 e. The van der Waals surface area contributed by atoms with Gasteiger partial charge in [-0.2, -0.15) is 4.39 Å². The molecule has 21 nitrogen and oxygen atoms in total. The lowest BCUT2D eigenvalue weighted by Crippen LogP contribution is -2.48. The molecule has 3 amide bonds. The molecule has 3 aromatic carbocycles. The molecule has 0 radical (unpaired) electrons. The van der Waals surface area contributed by atoms with E-state index in [4.69, 9.17) is 19.9 Å². The summed E-state index contributed by atoms with van der Waals surface area (Å²) in [6.07, 6.45) is 7.53. The third kappa shape index (κ3) is 17.2. The van der Waals surface area contributed by atoms with Crippen LogP contribution in [-0.2, 0) is 14.2 Å². The number of ether oxygens (including phenoxy) is 3. The number of nitro groups is 3. The Morgan fingerprint density at radius 1 is 0.525 bits per heavy atom. The van der Waals surface area contributed by atoms with E-state index in [9.17, 15) is 62.3 Å². The van der Waals surface area contributed by atoms with E-state index in [-0.39, 0.29) is 60.0 Å². The van der Waals surface area contributed by atoms with Crippen molar-refractivity contribution >= 4 is 46.7 Å². The van der Waals surface area contributed by atoms with E-state index in [2.05, 4.69) is 10.6 Å². The number of nitro benzene ring substituents is 3. The third-order valence-corrected chi connectivity index (χ3v) is 14.5. The fourth-order valence-electron chi connectivity index (χ4n) is 11.1. The second-order valence-corrected chi connectivity index (χ2v) is 24.8. The van der Waals surface area contributed by atoms with Gasteiger partial charge in [0, 0.05) is 57.4 Å². The van der Waals surface area contributed by atoms with Gasteiger partial charge in [0.15, 0.2) is 0 Å². The van der Waals surface area contributed by atoms with Gasteiger partial charge in [-0.05, 0) is 173 Å². The Balaban J connectivity index is 0.000000205. The maximum absolute atomic E-state index is 13.2. The number of benzene rings is 3. The summed E-state index contributed by atoms with van der Waals surface area (Å²) in [6.45, 7) is 21.0. The van der Waals surface area contributed by atoms with Gasteiger partial charge in [-0.25, -0.2) is 27.6 Å². The summed E-state index contributed by atoms with van der Waals surface area (Å²) >= 11 is 0. The Labute approximate surface area is 463 Å². The van der Waals surface area contributed by atoms with Crippen molar-refractivity contribution in [1.29, 1.82) is 0 Å². The summed E-state index contributed by atoms with van der Waals surface area (Å²) in [6, 6.07) is 9.67. The Morgan fingerprint density at radius 2 is 0.812 bits per heavy atom. The highest BCUT2D eigenvalue weighted by Crippen LogP contribution is 2.51. The van der Waals surface area contributed by atoms with Gasteiger partial charge in [-0.1, -0.05) is 7.43 Å². The molecule has 3 aromatic rings. The molecular weight excluding hydrogens is 1050 g/mol. The molecule has 0 aromatic heterocycles. The number of nitrogens with two attached hydrogens (primary N) is 1. The molecule has 0 atom stereocenters. The zero-order valence-corrected chi connectivity index (χ0v) is 46.2. The largest absolute Gasteiger partial charge is 0.444 e. The van der Waals surface area contributed by atoms with Gasteiger partial charge in [0.25, 0.3) is 11.4 Å². The van der Waals surface area contributed by atoms with Crippen molar-refractivity contribution in [3.05, 3.63) is 108 Å². The number of nitrogens with zero attached hydrogens (tertiary/aromatic N) is 6. The lowest BCUT2D eigenvalue weighted by Gasteiger charge is -2.45. The van der Waals surface area contributed by atoms with Gasteiger partial charge in [0.05, 0.1) is 33.0 Å². The highest BCUT2D eigenvalue weighted by atomic mass is 19.1. The highest BCUT2D eigenvalue weighted by Gasteiger charge is 2.52. The number of hydrogen-bond donors (Lipinski definition) is 3. The topological polar surface area (TPSA) is 268 Å². The Bertz CT molecular complexity index is 2630. The fourth-order valence-corrected chi connectivity index (χ4v) is 11.1. The summed E-state index contributed by atoms with van der Waals surface area (Å²) in [5, 5.41) is 38.4. The summed E-state index contributed by atoms with van der Waals surface area (Å²) in [5.41, 5.74) is 4.10. The number of carbonyl (C=O) groups is 3. The average molecular weight is 1130 g/mol. The zero-order valence-electron chi connectivity index (χ0n) is 46.2. The number of halogens is 4. The van der Waals surface area contributed by atoms with Crippen LogP contribution >= 0.6 is 0 Å².